The van der Waals surface area contributed by atoms with Crippen LogP contribution in [0.4, 0.5) is 0 Å². The molecule has 6 rings (SSSR count). The van der Waals surface area contributed by atoms with Gasteiger partial charge in [-0.1, -0.05) is 11.6 Å². The molecule has 56 heavy (non-hydrogen) atoms. The molecule has 24 heteroatoms. The number of H-pyrrole nitrogens is 1. The van der Waals surface area contributed by atoms with Crippen molar-refractivity contribution in [3.05, 3.63) is 27.8 Å². The molecule has 0 saturated carbocycles. The first-order valence-electron chi connectivity index (χ1n) is 17.4. The molecule has 0 amide bonds. The summed E-state index contributed by atoms with van der Waals surface area (Å²) in [5.41, 5.74) is 0.584. The summed E-state index contributed by atoms with van der Waals surface area (Å²) >= 11 is 9.75. The number of aliphatic hydroxyl groups excluding tert-OH is 13. The summed E-state index contributed by atoms with van der Waals surface area (Å²) in [7, 11) is 0. The monoisotopic (exact) mass is 893 g/mol. The summed E-state index contributed by atoms with van der Waals surface area (Å²) in [5.74, 6) is 0.145. The Labute approximate surface area is 329 Å². The van der Waals surface area contributed by atoms with Crippen LogP contribution in [0.5, 0.6) is 5.75 Å². The molecule has 0 aliphatic carbocycles. The second-order valence-corrected chi connectivity index (χ2v) is 14.9. The van der Waals surface area contributed by atoms with Crippen LogP contribution in [-0.2, 0) is 33.2 Å². The van der Waals surface area contributed by atoms with Gasteiger partial charge in [0.05, 0.1) is 42.4 Å². The molecule has 8 unspecified atom stereocenters. The van der Waals surface area contributed by atoms with Gasteiger partial charge in [-0.05, 0) is 28.1 Å². The number of fused-ring (bicyclic) bond motifs is 1. The lowest BCUT2D eigenvalue weighted by Gasteiger charge is -2.49. The van der Waals surface area contributed by atoms with Crippen molar-refractivity contribution in [3.8, 4) is 5.75 Å². The Morgan fingerprint density at radius 3 is 1.38 bits per heavy atom. The molecule has 2 aromatic rings. The van der Waals surface area contributed by atoms with Crippen molar-refractivity contribution in [2.24, 2.45) is 0 Å². The number of ether oxygens (including phenoxy) is 8. The third kappa shape index (κ3) is 8.44. The van der Waals surface area contributed by atoms with Crippen LogP contribution in [0.2, 0.25) is 5.02 Å². The highest BCUT2D eigenvalue weighted by Gasteiger charge is 2.55. The van der Waals surface area contributed by atoms with E-state index in [0.717, 1.165) is 0 Å². The molecule has 22 nitrogen and oxygen atoms in total. The summed E-state index contributed by atoms with van der Waals surface area (Å²) < 4.78 is 45.5. The molecule has 1 aromatic carbocycles. The second-order valence-electron chi connectivity index (χ2n) is 13.7. The lowest BCUT2D eigenvalue weighted by molar-refractivity contribution is -0.387. The highest BCUT2D eigenvalue weighted by molar-refractivity contribution is 9.10. The molecule has 4 aliphatic rings. The molecule has 4 saturated heterocycles. The molecule has 4 fully saturated rings. The zero-order chi connectivity index (χ0) is 40.7. The minimum Gasteiger partial charge on any atom is -0.460 e. The quantitative estimate of drug-likeness (QED) is 0.0944. The van der Waals surface area contributed by atoms with Crippen LogP contribution in [0.15, 0.2) is 22.8 Å². The molecule has 318 valence electrons. The van der Waals surface area contributed by atoms with Crippen molar-refractivity contribution in [3.63, 3.8) is 0 Å². The SMILES string of the molecule is OCC1O[C@@H](O[C@@H]2C(CO)O[C@@H](O[C@@H]3C(CO)O[C@@H](O[C@@H]4C(CO)O[C@@H](Oc5c[nH]c6ccc(Br)c(Cl)c56)C(O)[C@H]4O)C(O)[C@H]3O)C(O)[C@H]2O)C(O)[C@@H](O)[C@@H]1O. The standard InChI is InChI=1S/C32H45BrClNO21/c33-8-1-2-9-15(16(8)34)10(3-35-9)49-29-23(46)19(42)26(12(5-37)51-29)55-31-25(48)21(44)28(14(7-39)53-31)56-32-24(47)20(43)27(13(6-38)52-32)54-30-22(45)18(41)17(40)11(4-36)50-30/h1-3,11-14,17-32,35-48H,4-7H2/t11?,12?,13?,14?,17-,18+,19-,20-,21-,22?,23?,24?,25?,26-,27-,28-,29-,30+,31+,32+/m1/s1. The highest BCUT2D eigenvalue weighted by atomic mass is 79.9. The van der Waals surface area contributed by atoms with Crippen molar-refractivity contribution in [2.45, 2.75) is 123 Å². The smallest absolute Gasteiger partial charge is 0.229 e. The summed E-state index contributed by atoms with van der Waals surface area (Å²) in [4.78, 5) is 2.95. The Hall–Kier alpha value is -1.47. The van der Waals surface area contributed by atoms with Crippen molar-refractivity contribution < 1.29 is 104 Å². The van der Waals surface area contributed by atoms with Gasteiger partial charge >= 0.3 is 0 Å². The van der Waals surface area contributed by atoms with E-state index in [9.17, 15) is 66.4 Å². The minimum atomic E-state index is -2.04. The fourth-order valence-corrected chi connectivity index (χ4v) is 7.56. The van der Waals surface area contributed by atoms with Crippen molar-refractivity contribution >= 4 is 38.4 Å². The maximum atomic E-state index is 11.1. The summed E-state index contributed by atoms with van der Waals surface area (Å²) in [6.45, 7) is -3.41. The van der Waals surface area contributed by atoms with Gasteiger partial charge in [0.1, 0.15) is 103 Å². The average Bonchev–Trinajstić information content (AvgIpc) is 3.61. The van der Waals surface area contributed by atoms with E-state index in [2.05, 4.69) is 20.9 Å². The number of nitrogens with one attached hydrogen (secondary N) is 1. The fraction of sp³-hybridized carbons (Fsp3) is 0.750. The third-order valence-corrected chi connectivity index (χ3v) is 11.4. The maximum Gasteiger partial charge on any atom is 0.229 e. The van der Waals surface area contributed by atoms with Gasteiger partial charge in [0.25, 0.3) is 0 Å². The minimum absolute atomic E-state index is 0.145. The van der Waals surface area contributed by atoms with Crippen LogP contribution in [0.1, 0.15) is 0 Å². The Bertz CT molecular complexity index is 1590. The lowest BCUT2D eigenvalue weighted by atomic mass is 9.95. The van der Waals surface area contributed by atoms with Crippen molar-refractivity contribution in [1.82, 2.24) is 4.98 Å². The van der Waals surface area contributed by atoms with E-state index in [1.807, 2.05) is 0 Å². The van der Waals surface area contributed by atoms with Crippen molar-refractivity contribution in [1.29, 1.82) is 0 Å². The fourth-order valence-electron chi connectivity index (χ4n) is 6.97. The average molecular weight is 895 g/mol. The Kier molecular flexibility index (Phi) is 14.5. The van der Waals surface area contributed by atoms with Crippen LogP contribution in [0.3, 0.4) is 0 Å². The normalized spacial score (nSPS) is 44.9. The van der Waals surface area contributed by atoms with E-state index in [-0.39, 0.29) is 10.8 Å². The number of aromatic amines is 1. The Balaban J connectivity index is 1.10. The van der Waals surface area contributed by atoms with Gasteiger partial charge in [-0.15, -0.1) is 0 Å². The molecule has 0 bridgehead atoms. The number of aromatic nitrogens is 1. The van der Waals surface area contributed by atoms with Gasteiger partial charge in [0, 0.05) is 10.7 Å². The second kappa shape index (κ2) is 18.4. The van der Waals surface area contributed by atoms with E-state index in [4.69, 9.17) is 49.5 Å². The number of halogens is 2. The van der Waals surface area contributed by atoms with Crippen LogP contribution in [-0.4, -0.2) is 221 Å². The van der Waals surface area contributed by atoms with Gasteiger partial charge in [-0.25, -0.2) is 0 Å². The molecule has 20 atom stereocenters. The summed E-state index contributed by atoms with van der Waals surface area (Å²) in [5, 5.41) is 137. The van der Waals surface area contributed by atoms with Crippen LogP contribution < -0.4 is 4.74 Å². The van der Waals surface area contributed by atoms with E-state index in [0.29, 0.717) is 15.4 Å². The zero-order valence-corrected chi connectivity index (χ0v) is 31.3. The summed E-state index contributed by atoms with van der Waals surface area (Å²) in [6, 6.07) is 3.41. The molecule has 14 N–H and O–H groups in total. The predicted octanol–water partition coefficient (Wildman–Crippen LogP) is -5.76. The van der Waals surface area contributed by atoms with Crippen molar-refractivity contribution in [2.75, 3.05) is 26.4 Å². The molecule has 0 spiro atoms. The van der Waals surface area contributed by atoms with E-state index >= 15 is 0 Å². The predicted molar refractivity (Wildman–Crippen MR) is 183 cm³/mol. The zero-order valence-electron chi connectivity index (χ0n) is 28.9. The Morgan fingerprint density at radius 1 is 0.536 bits per heavy atom. The van der Waals surface area contributed by atoms with Crippen LogP contribution in [0.25, 0.3) is 10.9 Å². The first kappa shape index (κ1) is 44.1. The maximum absolute atomic E-state index is 11.1. The summed E-state index contributed by atoms with van der Waals surface area (Å²) in [6.07, 6.45) is -33.8. The number of aliphatic hydroxyl groups is 13. The highest BCUT2D eigenvalue weighted by Crippen LogP contribution is 2.39. The lowest BCUT2D eigenvalue weighted by Crippen LogP contribution is -2.67. The van der Waals surface area contributed by atoms with Gasteiger partial charge in [-0.3, -0.25) is 0 Å². The van der Waals surface area contributed by atoms with E-state index in [1.54, 1.807) is 12.1 Å². The van der Waals surface area contributed by atoms with Gasteiger partial charge in [-0.2, -0.15) is 0 Å². The molecular formula is C32H45BrClNO21. The van der Waals surface area contributed by atoms with E-state index < -0.39 is 149 Å². The van der Waals surface area contributed by atoms with Gasteiger partial charge in [0.2, 0.25) is 6.29 Å². The molecule has 4 aliphatic heterocycles. The van der Waals surface area contributed by atoms with Gasteiger partial charge in [0.15, 0.2) is 18.9 Å². The third-order valence-electron chi connectivity index (χ3n) is 10.1. The first-order valence-corrected chi connectivity index (χ1v) is 18.6. The molecule has 1 aromatic heterocycles. The Morgan fingerprint density at radius 2 is 0.929 bits per heavy atom. The molecular weight excluding hydrogens is 850 g/mol. The largest absolute Gasteiger partial charge is 0.460 e. The first-order chi connectivity index (χ1) is 26.6. The van der Waals surface area contributed by atoms with Crippen LogP contribution in [0, 0.1) is 0 Å². The number of hydrogen-bond donors (Lipinski definition) is 14. The number of hydrogen-bond acceptors (Lipinski definition) is 21. The molecule has 0 radical (unpaired) electrons. The number of benzene rings is 1. The number of rotatable bonds is 12. The topological polar surface area (TPSA) is 353 Å². The van der Waals surface area contributed by atoms with E-state index in [1.165, 1.54) is 6.20 Å². The van der Waals surface area contributed by atoms with Gasteiger partial charge < -0.3 is 109 Å². The molecule has 5 heterocycles. The van der Waals surface area contributed by atoms with Crippen LogP contribution >= 0.6 is 27.5 Å².